The summed E-state index contributed by atoms with van der Waals surface area (Å²) in [5, 5.41) is 0.720. The summed E-state index contributed by atoms with van der Waals surface area (Å²) in [6.07, 6.45) is 1.03. The predicted octanol–water partition coefficient (Wildman–Crippen LogP) is 3.88. The number of rotatable bonds is 3. The minimum atomic E-state index is 0.360. The second-order valence-corrected chi connectivity index (χ2v) is 5.13. The van der Waals surface area contributed by atoms with Crippen molar-refractivity contribution >= 4 is 28.6 Å². The van der Waals surface area contributed by atoms with Crippen LogP contribution >= 0.6 is 11.6 Å². The van der Waals surface area contributed by atoms with Gasteiger partial charge in [0.1, 0.15) is 0 Å². The Balaban J connectivity index is 2.66. The zero-order valence-corrected chi connectivity index (χ0v) is 11.2. The molecule has 0 amide bonds. The van der Waals surface area contributed by atoms with E-state index in [9.17, 15) is 0 Å². The van der Waals surface area contributed by atoms with Crippen LogP contribution in [-0.4, -0.2) is 9.55 Å². The first kappa shape index (κ1) is 12.2. The van der Waals surface area contributed by atoms with Gasteiger partial charge in [0.15, 0.2) is 0 Å². The fourth-order valence-corrected chi connectivity index (χ4v) is 2.55. The summed E-state index contributed by atoms with van der Waals surface area (Å²) >= 11 is 6.05. The number of imidazole rings is 1. The molecule has 2 N–H and O–H groups in total. The van der Waals surface area contributed by atoms with Crippen molar-refractivity contribution in [3.63, 3.8) is 0 Å². The first-order valence-electron chi connectivity index (χ1n) is 5.97. The molecule has 1 heterocycles. The van der Waals surface area contributed by atoms with Crippen LogP contribution in [0, 0.1) is 5.92 Å². The molecule has 0 saturated heterocycles. The van der Waals surface area contributed by atoms with Gasteiger partial charge in [0.25, 0.3) is 0 Å². The fraction of sp³-hybridized carbons (Fsp3) is 0.462. The van der Waals surface area contributed by atoms with Crippen molar-refractivity contribution in [3.8, 4) is 0 Å². The molecule has 1 unspecified atom stereocenters. The number of nitrogens with two attached hydrogens (primary N) is 1. The molecule has 0 radical (unpaired) electrons. The van der Waals surface area contributed by atoms with E-state index in [-0.39, 0.29) is 0 Å². The zero-order valence-electron chi connectivity index (χ0n) is 10.4. The van der Waals surface area contributed by atoms with Crippen molar-refractivity contribution in [1.29, 1.82) is 0 Å². The smallest absolute Gasteiger partial charge is 0.201 e. The van der Waals surface area contributed by atoms with E-state index in [2.05, 4.69) is 30.3 Å². The summed E-state index contributed by atoms with van der Waals surface area (Å²) in [5.41, 5.74) is 7.96. The van der Waals surface area contributed by atoms with Gasteiger partial charge in [-0.05, 0) is 30.5 Å². The van der Waals surface area contributed by atoms with E-state index < -0.39 is 0 Å². The number of hydrogen-bond acceptors (Lipinski definition) is 2. The number of nitrogens with zero attached hydrogens (tertiary/aromatic N) is 2. The number of benzene rings is 1. The van der Waals surface area contributed by atoms with Crippen molar-refractivity contribution in [1.82, 2.24) is 9.55 Å². The molecule has 4 heteroatoms. The normalized spacial score (nSPS) is 13.5. The Morgan fingerprint density at radius 3 is 2.71 bits per heavy atom. The van der Waals surface area contributed by atoms with E-state index in [1.165, 1.54) is 0 Å². The molecule has 0 aliphatic rings. The molecule has 2 aromatic rings. The molecule has 2 rings (SSSR count). The molecule has 1 aromatic carbocycles. The molecule has 92 valence electrons. The second kappa shape index (κ2) is 4.57. The van der Waals surface area contributed by atoms with Crippen LogP contribution in [0.3, 0.4) is 0 Å². The number of anilines is 1. The average molecular weight is 252 g/mol. The number of nitrogen functional groups attached to an aromatic ring is 1. The maximum Gasteiger partial charge on any atom is 0.201 e. The Morgan fingerprint density at radius 1 is 1.41 bits per heavy atom. The lowest BCUT2D eigenvalue weighted by molar-refractivity contribution is 0.377. The zero-order chi connectivity index (χ0) is 12.6. The fourth-order valence-electron chi connectivity index (χ4n) is 2.39. The maximum absolute atomic E-state index is 6.05. The first-order chi connectivity index (χ1) is 8.04. The van der Waals surface area contributed by atoms with E-state index in [0.717, 1.165) is 22.5 Å². The van der Waals surface area contributed by atoms with Gasteiger partial charge in [-0.25, -0.2) is 4.98 Å². The molecule has 0 spiro atoms. The lowest BCUT2D eigenvalue weighted by atomic mass is 10.0. The topological polar surface area (TPSA) is 43.8 Å². The first-order valence-corrected chi connectivity index (χ1v) is 6.35. The minimum absolute atomic E-state index is 0.360. The van der Waals surface area contributed by atoms with E-state index in [1.54, 1.807) is 0 Å². The van der Waals surface area contributed by atoms with Crippen LogP contribution in [0.2, 0.25) is 5.02 Å². The van der Waals surface area contributed by atoms with E-state index in [0.29, 0.717) is 17.9 Å². The van der Waals surface area contributed by atoms with Crippen LogP contribution in [0.1, 0.15) is 33.2 Å². The number of hydrogen-bond donors (Lipinski definition) is 1. The van der Waals surface area contributed by atoms with Gasteiger partial charge in [0.05, 0.1) is 11.0 Å². The number of halogens is 1. The van der Waals surface area contributed by atoms with Gasteiger partial charge in [-0.3, -0.25) is 0 Å². The lowest BCUT2D eigenvalue weighted by Gasteiger charge is -2.22. The van der Waals surface area contributed by atoms with Gasteiger partial charge in [-0.2, -0.15) is 0 Å². The highest BCUT2D eigenvalue weighted by atomic mass is 35.5. The van der Waals surface area contributed by atoms with Crippen molar-refractivity contribution in [2.45, 2.75) is 33.2 Å². The summed E-state index contributed by atoms with van der Waals surface area (Å²) in [5.74, 6) is 1.08. The Hall–Kier alpha value is -1.22. The highest BCUT2D eigenvalue weighted by Gasteiger charge is 2.19. The SMILES string of the molecule is CCC(C(C)C)n1c(N)nc2ccc(Cl)cc21. The van der Waals surface area contributed by atoms with Crippen molar-refractivity contribution in [3.05, 3.63) is 23.2 Å². The third-order valence-electron chi connectivity index (χ3n) is 3.20. The van der Waals surface area contributed by atoms with Crippen LogP contribution in [-0.2, 0) is 0 Å². The van der Waals surface area contributed by atoms with E-state index in [1.807, 2.05) is 18.2 Å². The largest absolute Gasteiger partial charge is 0.369 e. The van der Waals surface area contributed by atoms with Gasteiger partial charge in [0, 0.05) is 11.1 Å². The molecule has 0 saturated carbocycles. The highest BCUT2D eigenvalue weighted by Crippen LogP contribution is 2.30. The minimum Gasteiger partial charge on any atom is -0.369 e. The quantitative estimate of drug-likeness (QED) is 0.900. The van der Waals surface area contributed by atoms with E-state index >= 15 is 0 Å². The van der Waals surface area contributed by atoms with Gasteiger partial charge in [0.2, 0.25) is 5.95 Å². The molecule has 0 bridgehead atoms. The van der Waals surface area contributed by atoms with Crippen LogP contribution in [0.25, 0.3) is 11.0 Å². The summed E-state index contributed by atoms with van der Waals surface area (Å²) in [6.45, 7) is 6.56. The van der Waals surface area contributed by atoms with Gasteiger partial charge in [-0.1, -0.05) is 32.4 Å². The summed E-state index contributed by atoms with van der Waals surface area (Å²) in [6, 6.07) is 6.05. The molecule has 3 nitrogen and oxygen atoms in total. The van der Waals surface area contributed by atoms with Crippen LogP contribution < -0.4 is 5.73 Å². The van der Waals surface area contributed by atoms with Crippen LogP contribution in [0.15, 0.2) is 18.2 Å². The Labute approximate surface area is 107 Å². The number of fused-ring (bicyclic) bond motifs is 1. The van der Waals surface area contributed by atoms with Gasteiger partial charge >= 0.3 is 0 Å². The van der Waals surface area contributed by atoms with E-state index in [4.69, 9.17) is 17.3 Å². The van der Waals surface area contributed by atoms with Crippen molar-refractivity contribution in [2.75, 3.05) is 5.73 Å². The number of aromatic nitrogens is 2. The molecule has 0 aliphatic carbocycles. The second-order valence-electron chi connectivity index (χ2n) is 4.69. The Kier molecular flexibility index (Phi) is 3.29. The molecule has 1 atom stereocenters. The molecule has 0 fully saturated rings. The third kappa shape index (κ3) is 2.12. The molecule has 1 aromatic heterocycles. The molecular weight excluding hydrogens is 234 g/mol. The van der Waals surface area contributed by atoms with Crippen molar-refractivity contribution in [2.24, 2.45) is 5.92 Å². The predicted molar refractivity (Wildman–Crippen MR) is 73.3 cm³/mol. The van der Waals surface area contributed by atoms with Gasteiger partial charge in [-0.15, -0.1) is 0 Å². The molecular formula is C13H18ClN3. The summed E-state index contributed by atoms with van der Waals surface area (Å²) in [4.78, 5) is 4.39. The van der Waals surface area contributed by atoms with Gasteiger partial charge < -0.3 is 10.3 Å². The third-order valence-corrected chi connectivity index (χ3v) is 3.43. The summed E-state index contributed by atoms with van der Waals surface area (Å²) < 4.78 is 2.10. The summed E-state index contributed by atoms with van der Waals surface area (Å²) in [7, 11) is 0. The standard InChI is InChI=1S/C13H18ClN3/c1-4-11(8(2)3)17-12-7-9(14)5-6-10(12)16-13(17)15/h5-8,11H,4H2,1-3H3,(H2,15,16). The average Bonchev–Trinajstić information content (AvgIpc) is 2.56. The lowest BCUT2D eigenvalue weighted by Crippen LogP contribution is -2.16. The monoisotopic (exact) mass is 251 g/mol. The molecule has 0 aliphatic heterocycles. The van der Waals surface area contributed by atoms with Crippen LogP contribution in [0.4, 0.5) is 5.95 Å². The van der Waals surface area contributed by atoms with Crippen molar-refractivity contribution < 1.29 is 0 Å². The Morgan fingerprint density at radius 2 is 2.12 bits per heavy atom. The maximum atomic E-state index is 6.05. The van der Waals surface area contributed by atoms with Crippen LogP contribution in [0.5, 0.6) is 0 Å². The molecule has 17 heavy (non-hydrogen) atoms. The highest BCUT2D eigenvalue weighted by molar-refractivity contribution is 6.31. The Bertz CT molecular complexity index is 531.